The smallest absolute Gasteiger partial charge is 0.334 e. The van der Waals surface area contributed by atoms with Crippen molar-refractivity contribution in [2.24, 2.45) is 0 Å². The average Bonchev–Trinajstić information content (AvgIpc) is 2.78. The van der Waals surface area contributed by atoms with E-state index >= 15 is 0 Å². The summed E-state index contributed by atoms with van der Waals surface area (Å²) in [5.41, 5.74) is 1.78. The second kappa shape index (κ2) is 10.3. The first-order valence-electron chi connectivity index (χ1n) is 10.7. The minimum absolute atomic E-state index is 0.103. The van der Waals surface area contributed by atoms with Crippen LogP contribution in [-0.4, -0.2) is 57.0 Å². The van der Waals surface area contributed by atoms with Crippen LogP contribution in [0.25, 0.3) is 0 Å². The predicted molar refractivity (Wildman–Crippen MR) is 126 cm³/mol. The highest BCUT2D eigenvalue weighted by atomic mass is 16.6. The van der Waals surface area contributed by atoms with Gasteiger partial charge in [0, 0.05) is 43.2 Å². The zero-order valence-electron chi connectivity index (χ0n) is 19.3. The lowest BCUT2D eigenvalue weighted by Gasteiger charge is -2.37. The lowest BCUT2D eigenvalue weighted by molar-refractivity contribution is -0.384. The van der Waals surface area contributed by atoms with Gasteiger partial charge in [0.25, 0.3) is 5.69 Å². The van der Waals surface area contributed by atoms with E-state index in [9.17, 15) is 29.9 Å². The molecule has 2 N–H and O–H groups in total. The number of non-ortho nitro benzene ring substituents is 1. The van der Waals surface area contributed by atoms with Gasteiger partial charge in [-0.25, -0.2) is 9.59 Å². The van der Waals surface area contributed by atoms with E-state index in [4.69, 9.17) is 0 Å². The number of hydrogen-bond donors (Lipinski definition) is 2. The van der Waals surface area contributed by atoms with Crippen LogP contribution in [-0.2, 0) is 16.1 Å². The fraction of sp³-hybridized carbons (Fsp3) is 0.280. The second-order valence-corrected chi connectivity index (χ2v) is 8.27. The molecule has 1 heterocycles. The van der Waals surface area contributed by atoms with Crippen LogP contribution in [0.3, 0.4) is 0 Å². The van der Waals surface area contributed by atoms with E-state index in [1.165, 1.54) is 24.3 Å². The number of nitrogens with zero attached hydrogens (tertiary/aromatic N) is 3. The van der Waals surface area contributed by atoms with Crippen molar-refractivity contribution in [2.75, 3.05) is 20.1 Å². The minimum atomic E-state index is -1.26. The number of benzene rings is 2. The number of allylic oxidation sites excluding steroid dienone is 2. The third kappa shape index (κ3) is 5.15. The summed E-state index contributed by atoms with van der Waals surface area (Å²) in [7, 11) is 1.94. The molecule has 9 nitrogen and oxygen atoms in total. The summed E-state index contributed by atoms with van der Waals surface area (Å²) in [4.78, 5) is 39.1. The van der Waals surface area contributed by atoms with Crippen molar-refractivity contribution in [2.45, 2.75) is 26.3 Å². The third-order valence-corrected chi connectivity index (χ3v) is 6.04. The van der Waals surface area contributed by atoms with E-state index in [1.54, 1.807) is 18.7 Å². The molecule has 0 unspecified atom stereocenters. The SMILES string of the molecule is CC1=C(C(=O)O)C(c2cccc([N+](=O)[O-])c2)C(C(=O)O)=C(C)N1CCN(C)Cc1ccccc1. The van der Waals surface area contributed by atoms with Gasteiger partial charge in [-0.05, 0) is 32.0 Å². The Kier molecular flexibility index (Phi) is 7.47. The molecule has 1 aliphatic heterocycles. The van der Waals surface area contributed by atoms with Crippen LogP contribution < -0.4 is 0 Å². The maximum atomic E-state index is 12.3. The van der Waals surface area contributed by atoms with Crippen LogP contribution in [0, 0.1) is 10.1 Å². The Balaban J connectivity index is 1.98. The summed E-state index contributed by atoms with van der Waals surface area (Å²) in [5.74, 6) is -3.65. The van der Waals surface area contributed by atoms with Crippen LogP contribution >= 0.6 is 0 Å². The molecule has 3 rings (SSSR count). The number of nitro benzene ring substituents is 1. The Labute approximate surface area is 197 Å². The molecular weight excluding hydrogens is 438 g/mol. The number of carboxylic acids is 2. The molecule has 178 valence electrons. The van der Waals surface area contributed by atoms with Crippen molar-refractivity contribution in [3.63, 3.8) is 0 Å². The Morgan fingerprint density at radius 2 is 1.59 bits per heavy atom. The molecule has 0 aliphatic carbocycles. The summed E-state index contributed by atoms with van der Waals surface area (Å²) >= 11 is 0. The van der Waals surface area contributed by atoms with Gasteiger partial charge in [-0.15, -0.1) is 0 Å². The van der Waals surface area contributed by atoms with Crippen LogP contribution in [0.1, 0.15) is 30.9 Å². The molecule has 0 radical (unpaired) electrons. The Morgan fingerprint density at radius 3 is 2.12 bits per heavy atom. The highest BCUT2D eigenvalue weighted by Crippen LogP contribution is 2.42. The highest BCUT2D eigenvalue weighted by molar-refractivity contribution is 5.98. The molecule has 0 amide bonds. The van der Waals surface area contributed by atoms with Gasteiger partial charge in [0.2, 0.25) is 0 Å². The van der Waals surface area contributed by atoms with Crippen LogP contribution in [0.15, 0.2) is 77.1 Å². The van der Waals surface area contributed by atoms with Crippen molar-refractivity contribution < 1.29 is 24.7 Å². The molecule has 0 saturated heterocycles. The predicted octanol–water partition coefficient (Wildman–Crippen LogP) is 3.84. The van der Waals surface area contributed by atoms with Crippen molar-refractivity contribution in [1.82, 2.24) is 9.80 Å². The summed E-state index contributed by atoms with van der Waals surface area (Å²) < 4.78 is 0. The second-order valence-electron chi connectivity index (χ2n) is 8.27. The van der Waals surface area contributed by atoms with Crippen molar-refractivity contribution in [1.29, 1.82) is 0 Å². The maximum absolute atomic E-state index is 12.3. The number of carbonyl (C=O) groups is 2. The molecule has 1 aliphatic rings. The Hall–Kier alpha value is -3.98. The van der Waals surface area contributed by atoms with E-state index in [0.717, 1.165) is 5.56 Å². The van der Waals surface area contributed by atoms with Gasteiger partial charge >= 0.3 is 11.9 Å². The normalized spacial score (nSPS) is 14.6. The quantitative estimate of drug-likeness (QED) is 0.423. The minimum Gasteiger partial charge on any atom is -0.478 e. The maximum Gasteiger partial charge on any atom is 0.334 e. The number of likely N-dealkylation sites (N-methyl/N-ethyl adjacent to an activating group) is 1. The molecule has 0 bridgehead atoms. The van der Waals surface area contributed by atoms with Gasteiger partial charge in [0.05, 0.1) is 22.0 Å². The van der Waals surface area contributed by atoms with E-state index in [-0.39, 0.29) is 22.4 Å². The van der Waals surface area contributed by atoms with Gasteiger partial charge in [-0.1, -0.05) is 42.5 Å². The Bertz CT molecular complexity index is 1130. The highest BCUT2D eigenvalue weighted by Gasteiger charge is 2.39. The molecule has 0 fully saturated rings. The van der Waals surface area contributed by atoms with E-state index < -0.39 is 22.8 Å². The van der Waals surface area contributed by atoms with Crippen molar-refractivity contribution in [3.8, 4) is 0 Å². The van der Waals surface area contributed by atoms with E-state index in [2.05, 4.69) is 4.90 Å². The van der Waals surface area contributed by atoms with Gasteiger partial charge < -0.3 is 20.0 Å². The van der Waals surface area contributed by atoms with Gasteiger partial charge in [0.1, 0.15) is 0 Å². The van der Waals surface area contributed by atoms with Crippen LogP contribution in [0.2, 0.25) is 0 Å². The lowest BCUT2D eigenvalue weighted by Crippen LogP contribution is -2.38. The first-order valence-corrected chi connectivity index (χ1v) is 10.7. The Morgan fingerprint density at radius 1 is 1.00 bits per heavy atom. The van der Waals surface area contributed by atoms with Gasteiger partial charge in [-0.3, -0.25) is 10.1 Å². The van der Waals surface area contributed by atoms with Gasteiger partial charge in [-0.2, -0.15) is 0 Å². The lowest BCUT2D eigenvalue weighted by atomic mass is 9.79. The molecule has 0 aromatic heterocycles. The van der Waals surface area contributed by atoms with E-state index in [1.807, 2.05) is 37.4 Å². The monoisotopic (exact) mass is 465 g/mol. The standard InChI is InChI=1S/C25H27N3O6/c1-16-21(24(29)30)23(19-10-7-11-20(14-19)28(33)34)22(25(31)32)17(2)27(16)13-12-26(3)15-18-8-5-4-6-9-18/h4-11,14,23H,12-13,15H2,1-3H3,(H,29,30)(H,31,32). The van der Waals surface area contributed by atoms with Crippen molar-refractivity contribution >= 4 is 17.6 Å². The van der Waals surface area contributed by atoms with Crippen LogP contribution in [0.4, 0.5) is 5.69 Å². The van der Waals surface area contributed by atoms with Crippen molar-refractivity contribution in [3.05, 3.63) is 98.4 Å². The largest absolute Gasteiger partial charge is 0.478 e. The molecule has 34 heavy (non-hydrogen) atoms. The fourth-order valence-corrected chi connectivity index (χ4v) is 4.39. The molecule has 2 aromatic carbocycles. The third-order valence-electron chi connectivity index (χ3n) is 6.04. The first kappa shape index (κ1) is 24.7. The fourth-order valence-electron chi connectivity index (χ4n) is 4.39. The summed E-state index contributed by atoms with van der Waals surface area (Å²) in [6.07, 6.45) is 0. The molecule has 0 spiro atoms. The molecule has 0 saturated carbocycles. The summed E-state index contributed by atoms with van der Waals surface area (Å²) in [6.45, 7) is 4.93. The number of aliphatic carboxylic acids is 2. The molecule has 9 heteroatoms. The number of hydrogen-bond acceptors (Lipinski definition) is 6. The number of carboxylic acid groups (broad SMARTS) is 2. The zero-order chi connectivity index (χ0) is 25.0. The summed E-state index contributed by atoms with van der Waals surface area (Å²) in [5, 5.41) is 31.4. The summed E-state index contributed by atoms with van der Waals surface area (Å²) in [6, 6.07) is 15.4. The first-order chi connectivity index (χ1) is 16.1. The van der Waals surface area contributed by atoms with Gasteiger partial charge in [0.15, 0.2) is 0 Å². The molecular formula is C25H27N3O6. The molecule has 2 aromatic rings. The van der Waals surface area contributed by atoms with E-state index in [0.29, 0.717) is 31.0 Å². The number of nitro groups is 1. The average molecular weight is 466 g/mol. The van der Waals surface area contributed by atoms with Crippen LogP contribution in [0.5, 0.6) is 0 Å². The zero-order valence-corrected chi connectivity index (χ0v) is 19.3. The number of rotatable bonds is 9. The molecule has 0 atom stereocenters. The topological polar surface area (TPSA) is 124 Å².